The van der Waals surface area contributed by atoms with Gasteiger partial charge in [0, 0.05) is 0 Å². The van der Waals surface area contributed by atoms with E-state index in [1.54, 1.807) is 0 Å². The summed E-state index contributed by atoms with van der Waals surface area (Å²) in [5.41, 5.74) is 0.590. The predicted molar refractivity (Wildman–Crippen MR) is 57.0 cm³/mol. The zero-order chi connectivity index (χ0) is 13.8. The third kappa shape index (κ3) is 4.35. The number of benzene rings is 1. The Bertz CT molecular complexity index is 544. The third-order valence-electron chi connectivity index (χ3n) is 1.98. The fourth-order valence-electron chi connectivity index (χ4n) is 1.14. The fraction of sp³-hybridized carbons (Fsp3) is 0.300. The molecule has 1 aromatic carbocycles. The molecule has 1 N–H and O–H groups in total. The molecule has 1 rings (SSSR count). The molecule has 0 aromatic heterocycles. The van der Waals surface area contributed by atoms with Gasteiger partial charge in [-0.25, -0.2) is 13.1 Å². The average Bonchev–Trinajstić information content (AvgIpc) is 2.27. The topological polar surface area (TPSA) is 70.0 Å². The Morgan fingerprint density at radius 3 is 2.22 bits per heavy atom. The van der Waals surface area contributed by atoms with Gasteiger partial charge in [0.15, 0.2) is 0 Å². The molecule has 0 amide bonds. The molecule has 0 heterocycles. The molecular weight excluding hydrogens is 269 g/mol. The van der Waals surface area contributed by atoms with E-state index < -0.39 is 22.7 Å². The Kier molecular flexibility index (Phi) is 4.32. The van der Waals surface area contributed by atoms with E-state index in [0.717, 1.165) is 12.1 Å². The van der Waals surface area contributed by atoms with Crippen molar-refractivity contribution in [2.75, 3.05) is 6.54 Å². The Morgan fingerprint density at radius 1 is 1.22 bits per heavy atom. The van der Waals surface area contributed by atoms with E-state index in [0.29, 0.717) is 5.56 Å². The molecule has 1 aromatic rings. The summed E-state index contributed by atoms with van der Waals surface area (Å²) in [6, 6.07) is 6.95. The Morgan fingerprint density at radius 2 is 1.78 bits per heavy atom. The third-order valence-corrected chi connectivity index (χ3v) is 3.40. The largest absolute Gasteiger partial charge is 0.402 e. The van der Waals surface area contributed by atoms with Crippen molar-refractivity contribution in [1.29, 1.82) is 5.26 Å². The van der Waals surface area contributed by atoms with Gasteiger partial charge in [-0.1, -0.05) is 12.1 Å². The molecule has 0 saturated heterocycles. The molecule has 0 spiro atoms. The van der Waals surface area contributed by atoms with Crippen molar-refractivity contribution in [3.05, 3.63) is 29.8 Å². The maximum absolute atomic E-state index is 11.9. The minimum Gasteiger partial charge on any atom is -0.207 e. The van der Waals surface area contributed by atoms with Crippen LogP contribution in [0.3, 0.4) is 0 Å². The highest BCUT2D eigenvalue weighted by molar-refractivity contribution is 7.89. The van der Waals surface area contributed by atoms with Crippen molar-refractivity contribution in [2.24, 2.45) is 0 Å². The first-order valence-electron chi connectivity index (χ1n) is 4.77. The summed E-state index contributed by atoms with van der Waals surface area (Å²) >= 11 is 0. The summed E-state index contributed by atoms with van der Waals surface area (Å²) < 4.78 is 60.1. The molecule has 0 unspecified atom stereocenters. The molecule has 0 fully saturated rings. The van der Waals surface area contributed by atoms with Crippen LogP contribution in [0, 0.1) is 11.3 Å². The Hall–Kier alpha value is -1.59. The van der Waals surface area contributed by atoms with Crippen LogP contribution in [-0.2, 0) is 16.4 Å². The first kappa shape index (κ1) is 14.5. The molecule has 4 nitrogen and oxygen atoms in total. The minimum absolute atomic E-state index is 0.107. The summed E-state index contributed by atoms with van der Waals surface area (Å²) in [6.07, 6.45) is -4.50. The van der Waals surface area contributed by atoms with Crippen LogP contribution in [0.2, 0.25) is 0 Å². The van der Waals surface area contributed by atoms with Crippen LogP contribution < -0.4 is 4.72 Å². The second kappa shape index (κ2) is 5.37. The molecule has 0 radical (unpaired) electrons. The lowest BCUT2D eigenvalue weighted by molar-refractivity contribution is -0.121. The maximum atomic E-state index is 11.9. The van der Waals surface area contributed by atoms with Gasteiger partial charge in [0.25, 0.3) is 0 Å². The normalized spacial score (nSPS) is 12.1. The van der Waals surface area contributed by atoms with E-state index in [-0.39, 0.29) is 11.3 Å². The van der Waals surface area contributed by atoms with Gasteiger partial charge >= 0.3 is 6.18 Å². The second-order valence-corrected chi connectivity index (χ2v) is 5.19. The van der Waals surface area contributed by atoms with Crippen LogP contribution in [0.4, 0.5) is 13.2 Å². The number of hydrogen-bond donors (Lipinski definition) is 1. The summed E-state index contributed by atoms with van der Waals surface area (Å²) in [4.78, 5) is -0.270. The maximum Gasteiger partial charge on any atom is 0.402 e. The predicted octanol–water partition coefficient (Wildman–Crippen LogP) is 1.59. The highest BCUT2D eigenvalue weighted by atomic mass is 32.2. The molecule has 8 heteroatoms. The number of nitrogens with one attached hydrogen (secondary N) is 1. The van der Waals surface area contributed by atoms with Crippen molar-refractivity contribution in [2.45, 2.75) is 17.5 Å². The smallest absolute Gasteiger partial charge is 0.207 e. The number of alkyl halides is 3. The molecule has 18 heavy (non-hydrogen) atoms. The van der Waals surface area contributed by atoms with Crippen molar-refractivity contribution < 1.29 is 21.6 Å². The van der Waals surface area contributed by atoms with Gasteiger partial charge in [0.05, 0.1) is 17.4 Å². The first-order valence-corrected chi connectivity index (χ1v) is 6.25. The molecule has 0 bridgehead atoms. The molecular formula is C10H9F3N2O2S. The van der Waals surface area contributed by atoms with Crippen LogP contribution in [0.5, 0.6) is 0 Å². The summed E-state index contributed by atoms with van der Waals surface area (Å²) in [5, 5.41) is 8.42. The van der Waals surface area contributed by atoms with Crippen LogP contribution in [0.1, 0.15) is 5.56 Å². The van der Waals surface area contributed by atoms with Gasteiger partial charge in [0.1, 0.15) is 6.54 Å². The van der Waals surface area contributed by atoms with Crippen LogP contribution in [0.25, 0.3) is 0 Å². The van der Waals surface area contributed by atoms with Gasteiger partial charge < -0.3 is 0 Å². The Labute approximate surface area is 102 Å². The van der Waals surface area contributed by atoms with Gasteiger partial charge in [-0.15, -0.1) is 0 Å². The number of nitrogens with zero attached hydrogens (tertiary/aromatic N) is 1. The summed E-state index contributed by atoms with van der Waals surface area (Å²) in [7, 11) is -4.18. The van der Waals surface area contributed by atoms with Gasteiger partial charge in [-0.05, 0) is 17.7 Å². The average molecular weight is 278 g/mol. The molecule has 0 saturated carbocycles. The highest BCUT2D eigenvalue weighted by Crippen LogP contribution is 2.15. The van der Waals surface area contributed by atoms with E-state index in [1.165, 1.54) is 16.9 Å². The van der Waals surface area contributed by atoms with Crippen molar-refractivity contribution in [3.8, 4) is 6.07 Å². The highest BCUT2D eigenvalue weighted by Gasteiger charge is 2.29. The van der Waals surface area contributed by atoms with Crippen molar-refractivity contribution >= 4 is 10.0 Å². The first-order chi connectivity index (χ1) is 8.24. The number of sulfonamides is 1. The van der Waals surface area contributed by atoms with E-state index in [4.69, 9.17) is 5.26 Å². The van der Waals surface area contributed by atoms with Gasteiger partial charge in [-0.3, -0.25) is 0 Å². The van der Waals surface area contributed by atoms with E-state index in [1.807, 2.05) is 6.07 Å². The molecule has 98 valence electrons. The van der Waals surface area contributed by atoms with Crippen LogP contribution in [0.15, 0.2) is 29.2 Å². The fourth-order valence-corrected chi connectivity index (χ4v) is 2.15. The quantitative estimate of drug-likeness (QED) is 0.909. The number of halogens is 3. The Balaban J connectivity index is 2.83. The number of nitriles is 1. The summed E-state index contributed by atoms with van der Waals surface area (Å²) in [5.74, 6) is 0. The summed E-state index contributed by atoms with van der Waals surface area (Å²) in [6.45, 7) is -1.62. The lowest BCUT2D eigenvalue weighted by atomic mass is 10.2. The van der Waals surface area contributed by atoms with Crippen molar-refractivity contribution in [3.63, 3.8) is 0 Å². The second-order valence-electron chi connectivity index (χ2n) is 3.42. The molecule has 0 aliphatic rings. The van der Waals surface area contributed by atoms with Crippen LogP contribution in [-0.4, -0.2) is 21.1 Å². The number of rotatable bonds is 4. The number of hydrogen-bond acceptors (Lipinski definition) is 3. The van der Waals surface area contributed by atoms with Crippen LogP contribution >= 0.6 is 0 Å². The van der Waals surface area contributed by atoms with Crippen molar-refractivity contribution in [1.82, 2.24) is 4.72 Å². The van der Waals surface area contributed by atoms with E-state index in [2.05, 4.69) is 0 Å². The molecule has 0 aliphatic heterocycles. The zero-order valence-electron chi connectivity index (χ0n) is 9.03. The standard InChI is InChI=1S/C10H9F3N2O2S/c11-10(12,13)7-15-18(16,17)9-3-1-8(2-4-9)5-6-14/h1-4,15H,5,7H2. The molecule has 0 atom stereocenters. The lowest BCUT2D eigenvalue weighted by Crippen LogP contribution is -2.33. The van der Waals surface area contributed by atoms with E-state index >= 15 is 0 Å². The van der Waals surface area contributed by atoms with Gasteiger partial charge in [-0.2, -0.15) is 18.4 Å². The van der Waals surface area contributed by atoms with Gasteiger partial charge in [0.2, 0.25) is 10.0 Å². The lowest BCUT2D eigenvalue weighted by Gasteiger charge is -2.09. The monoisotopic (exact) mass is 278 g/mol. The van der Waals surface area contributed by atoms with E-state index in [9.17, 15) is 21.6 Å². The molecule has 0 aliphatic carbocycles. The SMILES string of the molecule is N#CCc1ccc(S(=O)(=O)NCC(F)(F)F)cc1. The zero-order valence-corrected chi connectivity index (χ0v) is 9.85. The minimum atomic E-state index is -4.60.